The Morgan fingerprint density at radius 2 is 2.25 bits per heavy atom. The lowest BCUT2D eigenvalue weighted by Crippen LogP contribution is -2.44. The zero-order valence-corrected chi connectivity index (χ0v) is 13.0. The number of ether oxygens (including phenoxy) is 1. The van der Waals surface area contributed by atoms with Crippen molar-refractivity contribution < 1.29 is 9.26 Å². The number of methoxy groups -OCH3 is 1. The summed E-state index contributed by atoms with van der Waals surface area (Å²) < 4.78 is 11.5. The smallest absolute Gasteiger partial charge is 0.230 e. The molecule has 5 nitrogen and oxygen atoms in total. The summed E-state index contributed by atoms with van der Waals surface area (Å²) in [6.07, 6.45) is 0. The predicted molar refractivity (Wildman–Crippen MR) is 78.8 cm³/mol. The molecule has 0 bridgehead atoms. The summed E-state index contributed by atoms with van der Waals surface area (Å²) >= 11 is 3.46. The third kappa shape index (κ3) is 2.45. The molecule has 106 valence electrons. The summed E-state index contributed by atoms with van der Waals surface area (Å²) in [7, 11) is 1.64. The lowest BCUT2D eigenvalue weighted by molar-refractivity contribution is 0.252. The molecular formula is C14H16BrN3O2. The van der Waals surface area contributed by atoms with Crippen LogP contribution in [0.5, 0.6) is 5.75 Å². The van der Waals surface area contributed by atoms with Crippen molar-refractivity contribution in [2.75, 3.05) is 20.2 Å². The summed E-state index contributed by atoms with van der Waals surface area (Å²) in [5.41, 5.74) is 0.909. The monoisotopic (exact) mass is 337 g/mol. The normalized spacial score (nSPS) is 16.8. The molecule has 1 unspecified atom stereocenters. The SMILES string of the molecule is COc1ccc(-c2noc(C(C)C3CNC3)n2)cc1Br. The Bertz CT molecular complexity index is 610. The van der Waals surface area contributed by atoms with E-state index in [9.17, 15) is 0 Å². The van der Waals surface area contributed by atoms with Gasteiger partial charge >= 0.3 is 0 Å². The summed E-state index contributed by atoms with van der Waals surface area (Å²) in [4.78, 5) is 4.51. The largest absolute Gasteiger partial charge is 0.496 e. The molecule has 0 amide bonds. The van der Waals surface area contributed by atoms with E-state index in [4.69, 9.17) is 9.26 Å². The van der Waals surface area contributed by atoms with E-state index in [0.717, 1.165) is 28.9 Å². The molecule has 1 atom stereocenters. The van der Waals surface area contributed by atoms with E-state index in [1.165, 1.54) is 0 Å². The van der Waals surface area contributed by atoms with Gasteiger partial charge in [-0.3, -0.25) is 0 Å². The third-order valence-corrected chi connectivity index (χ3v) is 4.38. The van der Waals surface area contributed by atoms with Crippen LogP contribution in [0.4, 0.5) is 0 Å². The Kier molecular flexibility index (Phi) is 3.76. The van der Waals surface area contributed by atoms with Crippen molar-refractivity contribution in [3.63, 3.8) is 0 Å². The molecule has 0 spiro atoms. The minimum absolute atomic E-state index is 0.291. The lowest BCUT2D eigenvalue weighted by atomic mass is 9.89. The highest BCUT2D eigenvalue weighted by molar-refractivity contribution is 9.10. The van der Waals surface area contributed by atoms with Gasteiger partial charge in [0.2, 0.25) is 11.7 Å². The van der Waals surface area contributed by atoms with Crippen molar-refractivity contribution in [1.82, 2.24) is 15.5 Å². The Hall–Kier alpha value is -1.40. The van der Waals surface area contributed by atoms with Gasteiger partial charge in [-0.25, -0.2) is 0 Å². The molecule has 3 rings (SSSR count). The minimum Gasteiger partial charge on any atom is -0.496 e. The van der Waals surface area contributed by atoms with Crippen LogP contribution in [-0.4, -0.2) is 30.3 Å². The number of aromatic nitrogens is 2. The molecule has 2 aromatic rings. The quantitative estimate of drug-likeness (QED) is 0.929. The molecule has 1 aliphatic heterocycles. The molecule has 0 saturated carbocycles. The van der Waals surface area contributed by atoms with Crippen molar-refractivity contribution in [3.8, 4) is 17.1 Å². The fraction of sp³-hybridized carbons (Fsp3) is 0.429. The first-order chi connectivity index (χ1) is 9.69. The first-order valence-electron chi connectivity index (χ1n) is 6.57. The molecule has 0 aliphatic carbocycles. The van der Waals surface area contributed by atoms with E-state index in [2.05, 4.69) is 38.3 Å². The van der Waals surface area contributed by atoms with Gasteiger partial charge in [0, 0.05) is 11.5 Å². The topological polar surface area (TPSA) is 60.2 Å². The number of rotatable bonds is 4. The molecule has 1 fully saturated rings. The predicted octanol–water partition coefficient (Wildman–Crippen LogP) is 2.83. The average Bonchev–Trinajstić information content (AvgIpc) is 2.86. The minimum atomic E-state index is 0.291. The zero-order chi connectivity index (χ0) is 14.1. The van der Waals surface area contributed by atoms with Crippen LogP contribution in [0.15, 0.2) is 27.2 Å². The number of halogens is 1. The van der Waals surface area contributed by atoms with Gasteiger partial charge in [0.1, 0.15) is 5.75 Å². The Morgan fingerprint density at radius 3 is 2.85 bits per heavy atom. The highest BCUT2D eigenvalue weighted by Crippen LogP contribution is 2.31. The molecule has 20 heavy (non-hydrogen) atoms. The summed E-state index contributed by atoms with van der Waals surface area (Å²) in [6, 6.07) is 5.74. The molecule has 1 aromatic heterocycles. The number of benzene rings is 1. The summed E-state index contributed by atoms with van der Waals surface area (Å²) in [6.45, 7) is 4.17. The van der Waals surface area contributed by atoms with Gasteiger partial charge in [-0.2, -0.15) is 4.98 Å². The van der Waals surface area contributed by atoms with Gasteiger partial charge in [0.25, 0.3) is 0 Å². The second-order valence-electron chi connectivity index (χ2n) is 5.01. The highest BCUT2D eigenvalue weighted by Gasteiger charge is 2.28. The number of hydrogen-bond acceptors (Lipinski definition) is 5. The van der Waals surface area contributed by atoms with E-state index in [1.807, 2.05) is 18.2 Å². The van der Waals surface area contributed by atoms with E-state index in [0.29, 0.717) is 23.6 Å². The van der Waals surface area contributed by atoms with Crippen molar-refractivity contribution in [1.29, 1.82) is 0 Å². The number of nitrogens with one attached hydrogen (secondary N) is 1. The van der Waals surface area contributed by atoms with Crippen LogP contribution in [0.1, 0.15) is 18.7 Å². The maximum absolute atomic E-state index is 5.40. The zero-order valence-electron chi connectivity index (χ0n) is 11.4. The van der Waals surface area contributed by atoms with Gasteiger partial charge in [0.05, 0.1) is 11.6 Å². The molecule has 1 N–H and O–H groups in total. The van der Waals surface area contributed by atoms with Crippen LogP contribution >= 0.6 is 15.9 Å². The van der Waals surface area contributed by atoms with Crippen molar-refractivity contribution >= 4 is 15.9 Å². The molecular weight excluding hydrogens is 322 g/mol. The fourth-order valence-electron chi connectivity index (χ4n) is 2.21. The summed E-state index contributed by atoms with van der Waals surface area (Å²) in [5.74, 6) is 2.98. The van der Waals surface area contributed by atoms with Crippen molar-refractivity contribution in [2.45, 2.75) is 12.8 Å². The molecule has 6 heteroatoms. The third-order valence-electron chi connectivity index (χ3n) is 3.76. The van der Waals surface area contributed by atoms with E-state index in [1.54, 1.807) is 7.11 Å². The van der Waals surface area contributed by atoms with E-state index < -0.39 is 0 Å². The highest BCUT2D eigenvalue weighted by atomic mass is 79.9. The van der Waals surface area contributed by atoms with E-state index >= 15 is 0 Å². The second-order valence-corrected chi connectivity index (χ2v) is 5.87. The van der Waals surface area contributed by atoms with Gasteiger partial charge in [-0.1, -0.05) is 12.1 Å². The van der Waals surface area contributed by atoms with Crippen LogP contribution in [0.3, 0.4) is 0 Å². The molecule has 1 aromatic carbocycles. The van der Waals surface area contributed by atoms with Crippen LogP contribution < -0.4 is 10.1 Å². The lowest BCUT2D eigenvalue weighted by Gasteiger charge is -2.30. The first kappa shape index (κ1) is 13.6. The van der Waals surface area contributed by atoms with Crippen LogP contribution in [0.25, 0.3) is 11.4 Å². The number of nitrogens with zero attached hydrogens (tertiary/aromatic N) is 2. The maximum Gasteiger partial charge on any atom is 0.230 e. The molecule has 2 heterocycles. The Balaban J connectivity index is 1.84. The molecule has 0 radical (unpaired) electrons. The van der Waals surface area contributed by atoms with Crippen LogP contribution in [-0.2, 0) is 0 Å². The van der Waals surface area contributed by atoms with E-state index in [-0.39, 0.29) is 0 Å². The van der Waals surface area contributed by atoms with Crippen molar-refractivity contribution in [2.24, 2.45) is 5.92 Å². The number of hydrogen-bond donors (Lipinski definition) is 1. The first-order valence-corrected chi connectivity index (χ1v) is 7.36. The molecule has 1 saturated heterocycles. The Morgan fingerprint density at radius 1 is 1.45 bits per heavy atom. The van der Waals surface area contributed by atoms with Gasteiger partial charge in [-0.15, -0.1) is 0 Å². The molecule has 1 aliphatic rings. The van der Waals surface area contributed by atoms with Gasteiger partial charge < -0.3 is 14.6 Å². The summed E-state index contributed by atoms with van der Waals surface area (Å²) in [5, 5.41) is 7.34. The Labute approximate surface area is 125 Å². The van der Waals surface area contributed by atoms with Gasteiger partial charge in [-0.05, 0) is 53.1 Å². The van der Waals surface area contributed by atoms with Gasteiger partial charge in [0.15, 0.2) is 0 Å². The van der Waals surface area contributed by atoms with Crippen molar-refractivity contribution in [3.05, 3.63) is 28.6 Å². The maximum atomic E-state index is 5.40. The standard InChI is InChI=1S/C14H16BrN3O2/c1-8(10-6-16-7-10)14-17-13(18-20-14)9-3-4-12(19-2)11(15)5-9/h3-5,8,10,16H,6-7H2,1-2H3. The van der Waals surface area contributed by atoms with Crippen LogP contribution in [0, 0.1) is 5.92 Å². The second kappa shape index (κ2) is 5.54. The van der Waals surface area contributed by atoms with Crippen LogP contribution in [0.2, 0.25) is 0 Å². The average molecular weight is 338 g/mol. The fourth-order valence-corrected chi connectivity index (χ4v) is 2.75.